The molecule has 4 N–H and O–H groups in total. The van der Waals surface area contributed by atoms with Crippen LogP contribution in [-0.4, -0.2) is 52.8 Å². The van der Waals surface area contributed by atoms with Crippen molar-refractivity contribution >= 4 is 57.0 Å². The Balaban J connectivity index is 2.21. The number of carboxylic acids is 1. The quantitative estimate of drug-likeness (QED) is 0.159. The molecule has 0 radical (unpaired) electrons. The fourth-order valence-corrected chi connectivity index (χ4v) is 4.03. The first kappa shape index (κ1) is 30.5. The summed E-state index contributed by atoms with van der Waals surface area (Å²) in [6.45, 7) is 1.62. The molecule has 0 aromatic heterocycles. The van der Waals surface area contributed by atoms with Crippen LogP contribution >= 0.6 is 27.5 Å². The van der Waals surface area contributed by atoms with Gasteiger partial charge in [0.05, 0.1) is 29.3 Å². The Bertz CT molecular complexity index is 1230. The number of alkyl halides is 1. The molecule has 4 amide bonds. The summed E-state index contributed by atoms with van der Waals surface area (Å²) in [4.78, 5) is 59.3. The minimum Gasteiger partial charge on any atom is -0.496 e. The standard InChI is InChI=1S/C24H26BrClN4O8/c1-3-18(13-4-6-17(23(33)34)19(10-13)30(36)37)28-24(35)29-22(32)15(12-27-21(31)11-25)8-14-9-16(26)5-7-20(14)38-2/h4-7,9-10,15,18H,3,8,11-12H2,1-2H3,(H,27,31)(H,33,34)(H2,28,29,32,35)/t15-,18-/m1/s1. The average Bonchev–Trinajstić information content (AvgIpc) is 2.88. The minimum absolute atomic E-state index is 0.0211. The van der Waals surface area contributed by atoms with Crippen LogP contribution in [0.15, 0.2) is 36.4 Å². The maximum absolute atomic E-state index is 13.0. The highest BCUT2D eigenvalue weighted by Gasteiger charge is 2.26. The van der Waals surface area contributed by atoms with Gasteiger partial charge in [0.1, 0.15) is 11.3 Å². The number of nitrogens with zero attached hydrogens (tertiary/aromatic N) is 1. The molecule has 0 bridgehead atoms. The van der Waals surface area contributed by atoms with Gasteiger partial charge in [0, 0.05) is 17.6 Å². The van der Waals surface area contributed by atoms with Gasteiger partial charge in [0.25, 0.3) is 5.69 Å². The molecular formula is C24H26BrClN4O8. The normalized spacial score (nSPS) is 12.1. The highest BCUT2D eigenvalue weighted by atomic mass is 79.9. The topological polar surface area (TPSA) is 177 Å². The van der Waals surface area contributed by atoms with Crippen LogP contribution in [0, 0.1) is 16.0 Å². The fourth-order valence-electron chi connectivity index (χ4n) is 3.64. The molecule has 0 heterocycles. The number of rotatable bonds is 12. The maximum atomic E-state index is 13.0. The Morgan fingerprint density at radius 3 is 2.47 bits per heavy atom. The van der Waals surface area contributed by atoms with Crippen molar-refractivity contribution in [3.05, 3.63) is 68.2 Å². The van der Waals surface area contributed by atoms with Crippen LogP contribution < -0.4 is 20.7 Å². The molecule has 0 aliphatic carbocycles. The lowest BCUT2D eigenvalue weighted by Crippen LogP contribution is -2.46. The molecule has 0 unspecified atom stereocenters. The van der Waals surface area contributed by atoms with E-state index < -0.39 is 46.0 Å². The van der Waals surface area contributed by atoms with E-state index in [0.717, 1.165) is 12.1 Å². The first-order valence-electron chi connectivity index (χ1n) is 11.3. The van der Waals surface area contributed by atoms with Crippen molar-refractivity contribution in [2.45, 2.75) is 25.8 Å². The Labute approximate surface area is 231 Å². The molecule has 204 valence electrons. The van der Waals surface area contributed by atoms with Crippen LogP contribution in [0.25, 0.3) is 0 Å². The number of methoxy groups -OCH3 is 1. The van der Waals surface area contributed by atoms with E-state index in [1.54, 1.807) is 25.1 Å². The van der Waals surface area contributed by atoms with Crippen molar-refractivity contribution in [3.8, 4) is 5.75 Å². The monoisotopic (exact) mass is 612 g/mol. The van der Waals surface area contributed by atoms with Gasteiger partial charge in [0.15, 0.2) is 0 Å². The van der Waals surface area contributed by atoms with Crippen molar-refractivity contribution in [2.24, 2.45) is 5.92 Å². The van der Waals surface area contributed by atoms with Crippen molar-refractivity contribution < 1.29 is 33.9 Å². The second-order valence-corrected chi connectivity index (χ2v) is 9.05. The van der Waals surface area contributed by atoms with Gasteiger partial charge < -0.3 is 20.5 Å². The number of hydrogen-bond donors (Lipinski definition) is 4. The van der Waals surface area contributed by atoms with Gasteiger partial charge in [-0.15, -0.1) is 0 Å². The number of nitro groups is 1. The summed E-state index contributed by atoms with van der Waals surface area (Å²) in [6, 6.07) is 6.76. The lowest BCUT2D eigenvalue weighted by molar-refractivity contribution is -0.385. The van der Waals surface area contributed by atoms with E-state index >= 15 is 0 Å². The number of urea groups is 1. The first-order chi connectivity index (χ1) is 18.0. The molecular weight excluding hydrogens is 588 g/mol. The first-order valence-corrected chi connectivity index (χ1v) is 12.8. The van der Waals surface area contributed by atoms with E-state index in [1.807, 2.05) is 0 Å². The molecule has 2 aromatic rings. The van der Waals surface area contributed by atoms with Gasteiger partial charge in [-0.3, -0.25) is 25.0 Å². The third kappa shape index (κ3) is 8.42. The van der Waals surface area contributed by atoms with Gasteiger partial charge in [-0.1, -0.05) is 40.5 Å². The van der Waals surface area contributed by atoms with Gasteiger partial charge in [0.2, 0.25) is 11.8 Å². The lowest BCUT2D eigenvalue weighted by Gasteiger charge is -2.21. The number of benzene rings is 2. The second kappa shape index (κ2) is 14.3. The number of carbonyl (C=O) groups excluding carboxylic acids is 3. The zero-order chi connectivity index (χ0) is 28.4. The average molecular weight is 614 g/mol. The molecule has 2 aromatic carbocycles. The summed E-state index contributed by atoms with van der Waals surface area (Å²) in [5.41, 5.74) is -0.231. The molecule has 0 spiro atoms. The highest BCUT2D eigenvalue weighted by Crippen LogP contribution is 2.27. The number of carbonyl (C=O) groups is 4. The Morgan fingerprint density at radius 1 is 1.18 bits per heavy atom. The highest BCUT2D eigenvalue weighted by molar-refractivity contribution is 9.09. The third-order valence-electron chi connectivity index (χ3n) is 5.55. The van der Waals surface area contributed by atoms with E-state index in [1.165, 1.54) is 13.2 Å². The summed E-state index contributed by atoms with van der Waals surface area (Å²) >= 11 is 9.13. The van der Waals surface area contributed by atoms with Crippen LogP contribution in [0.4, 0.5) is 10.5 Å². The number of aromatic carboxylic acids is 1. The number of halogens is 2. The zero-order valence-electron chi connectivity index (χ0n) is 20.5. The summed E-state index contributed by atoms with van der Waals surface area (Å²) in [5.74, 6) is -2.92. The molecule has 2 rings (SSSR count). The molecule has 2 atom stereocenters. The third-order valence-corrected chi connectivity index (χ3v) is 6.29. The SMILES string of the molecule is CC[C@@H](NC(=O)NC(=O)[C@@H](CNC(=O)CBr)Cc1cc(Cl)ccc1OC)c1ccc(C(=O)O)c([N+](=O)[O-])c1. The Hall–Kier alpha value is -3.71. The van der Waals surface area contributed by atoms with Crippen LogP contribution in [0.3, 0.4) is 0 Å². The maximum Gasteiger partial charge on any atom is 0.342 e. The summed E-state index contributed by atoms with van der Waals surface area (Å²) in [5, 5.41) is 28.4. The number of nitro benzene ring substituents is 1. The number of amides is 4. The number of carboxylic acid groups (broad SMARTS) is 1. The summed E-state index contributed by atoms with van der Waals surface area (Å²) in [7, 11) is 1.46. The Morgan fingerprint density at radius 2 is 1.89 bits per heavy atom. The minimum atomic E-state index is -1.46. The van der Waals surface area contributed by atoms with Gasteiger partial charge in [-0.25, -0.2) is 9.59 Å². The number of nitrogens with one attached hydrogen (secondary N) is 3. The molecule has 0 aliphatic rings. The van der Waals surface area contributed by atoms with E-state index in [4.69, 9.17) is 16.3 Å². The van der Waals surface area contributed by atoms with Crippen LogP contribution in [-0.2, 0) is 16.0 Å². The fraction of sp³-hybridized carbons (Fsp3) is 0.333. The molecule has 0 fully saturated rings. The largest absolute Gasteiger partial charge is 0.496 e. The molecule has 0 saturated heterocycles. The van der Waals surface area contributed by atoms with E-state index in [2.05, 4.69) is 31.9 Å². The molecule has 0 aliphatic heterocycles. The van der Waals surface area contributed by atoms with Crippen molar-refractivity contribution in [3.63, 3.8) is 0 Å². The Kier molecular flexibility index (Phi) is 11.5. The number of imide groups is 1. The van der Waals surface area contributed by atoms with Crippen LogP contribution in [0.5, 0.6) is 5.75 Å². The molecule has 14 heteroatoms. The van der Waals surface area contributed by atoms with Gasteiger partial charge >= 0.3 is 12.0 Å². The van der Waals surface area contributed by atoms with Crippen molar-refractivity contribution in [2.75, 3.05) is 19.0 Å². The van der Waals surface area contributed by atoms with Gasteiger partial charge in [-0.05, 0) is 48.2 Å². The molecule has 38 heavy (non-hydrogen) atoms. The van der Waals surface area contributed by atoms with E-state index in [0.29, 0.717) is 16.3 Å². The second-order valence-electron chi connectivity index (χ2n) is 8.06. The van der Waals surface area contributed by atoms with Crippen molar-refractivity contribution in [1.29, 1.82) is 0 Å². The molecule has 0 saturated carbocycles. The van der Waals surface area contributed by atoms with Crippen LogP contribution in [0.1, 0.15) is 40.9 Å². The number of hydrogen-bond acceptors (Lipinski definition) is 7. The van der Waals surface area contributed by atoms with Gasteiger partial charge in [-0.2, -0.15) is 0 Å². The predicted octanol–water partition coefficient (Wildman–Crippen LogP) is 3.60. The van der Waals surface area contributed by atoms with Crippen molar-refractivity contribution in [1.82, 2.24) is 16.0 Å². The zero-order valence-corrected chi connectivity index (χ0v) is 22.8. The summed E-state index contributed by atoms with van der Waals surface area (Å²) < 4.78 is 5.33. The smallest absolute Gasteiger partial charge is 0.342 e. The summed E-state index contributed by atoms with van der Waals surface area (Å²) in [6.07, 6.45) is 0.376. The predicted molar refractivity (Wildman–Crippen MR) is 142 cm³/mol. The number of ether oxygens (including phenoxy) is 1. The van der Waals surface area contributed by atoms with E-state index in [-0.39, 0.29) is 36.2 Å². The molecule has 12 nitrogen and oxygen atoms in total. The lowest BCUT2D eigenvalue weighted by atomic mass is 9.97. The van der Waals surface area contributed by atoms with Crippen LogP contribution in [0.2, 0.25) is 5.02 Å². The van der Waals surface area contributed by atoms with E-state index in [9.17, 15) is 34.4 Å².